The highest BCUT2D eigenvalue weighted by Gasteiger charge is 2.36. The summed E-state index contributed by atoms with van der Waals surface area (Å²) >= 11 is 5.89. The zero-order valence-corrected chi connectivity index (χ0v) is 19.7. The van der Waals surface area contributed by atoms with Gasteiger partial charge in [-0.1, -0.05) is 29.8 Å². The van der Waals surface area contributed by atoms with Crippen molar-refractivity contribution in [2.24, 2.45) is 5.92 Å². The summed E-state index contributed by atoms with van der Waals surface area (Å²) in [7, 11) is 1.57. The van der Waals surface area contributed by atoms with Gasteiger partial charge in [0, 0.05) is 29.4 Å². The van der Waals surface area contributed by atoms with Crippen LogP contribution in [0.3, 0.4) is 0 Å². The highest BCUT2D eigenvalue weighted by molar-refractivity contribution is 6.30. The number of nitrogens with zero attached hydrogens (tertiary/aromatic N) is 1. The predicted molar refractivity (Wildman–Crippen MR) is 131 cm³/mol. The van der Waals surface area contributed by atoms with Crippen LogP contribution in [0.25, 0.3) is 0 Å². The van der Waals surface area contributed by atoms with Gasteiger partial charge in [-0.3, -0.25) is 14.4 Å². The third kappa shape index (κ3) is 6.10. The molecule has 1 aliphatic heterocycles. The minimum absolute atomic E-state index is 0.00815. The number of amides is 2. The maximum atomic E-state index is 12.5. The number of para-hydroxylation sites is 2. The average molecular weight is 495 g/mol. The lowest BCUT2D eigenvalue weighted by Crippen LogP contribution is -2.28. The summed E-state index contributed by atoms with van der Waals surface area (Å²) in [5.74, 6) is -0.201. The van der Waals surface area contributed by atoms with Crippen LogP contribution in [0.15, 0.2) is 72.8 Å². The van der Waals surface area contributed by atoms with Crippen molar-refractivity contribution in [3.05, 3.63) is 77.8 Å². The third-order valence-electron chi connectivity index (χ3n) is 5.36. The van der Waals surface area contributed by atoms with Crippen molar-refractivity contribution in [1.82, 2.24) is 0 Å². The van der Waals surface area contributed by atoms with E-state index in [0.29, 0.717) is 33.6 Å². The Kier molecular flexibility index (Phi) is 7.52. The van der Waals surface area contributed by atoms with Gasteiger partial charge in [0.25, 0.3) is 5.91 Å². The largest absolute Gasteiger partial charge is 0.493 e. The van der Waals surface area contributed by atoms with Crippen molar-refractivity contribution in [1.29, 1.82) is 0 Å². The first-order chi connectivity index (χ1) is 16.9. The molecule has 0 bridgehead atoms. The molecule has 0 aliphatic carbocycles. The van der Waals surface area contributed by atoms with Crippen LogP contribution in [0.1, 0.15) is 6.42 Å². The van der Waals surface area contributed by atoms with Gasteiger partial charge in [-0.05, 0) is 54.6 Å². The fourth-order valence-corrected chi connectivity index (χ4v) is 3.85. The molecule has 9 heteroatoms. The van der Waals surface area contributed by atoms with Gasteiger partial charge < -0.3 is 24.4 Å². The Balaban J connectivity index is 1.31. The lowest BCUT2D eigenvalue weighted by atomic mass is 10.1. The van der Waals surface area contributed by atoms with Gasteiger partial charge in [0.15, 0.2) is 18.1 Å². The summed E-state index contributed by atoms with van der Waals surface area (Å²) < 4.78 is 16.3. The number of nitrogens with one attached hydrogen (secondary N) is 1. The molecule has 3 aromatic carbocycles. The third-order valence-corrected chi connectivity index (χ3v) is 5.59. The maximum Gasteiger partial charge on any atom is 0.311 e. The molecular formula is C26H23ClN2O6. The van der Waals surface area contributed by atoms with E-state index in [0.717, 1.165) is 0 Å². The maximum absolute atomic E-state index is 12.5. The standard InChI is InChI=1S/C26H23ClN2O6/c1-33-22-7-2-3-8-23(22)35-21-11-9-20(10-12-21)29-15-17(13-25(29)31)26(32)34-16-24(30)28-19-6-4-5-18(27)14-19/h2-12,14,17H,13,15-16H2,1H3,(H,28,30)/t17-/m1/s1. The molecule has 4 rings (SSSR count). The Morgan fingerprint density at radius 3 is 2.49 bits per heavy atom. The highest BCUT2D eigenvalue weighted by Crippen LogP contribution is 2.33. The van der Waals surface area contributed by atoms with Crippen LogP contribution in [0.2, 0.25) is 5.02 Å². The molecule has 0 spiro atoms. The van der Waals surface area contributed by atoms with Gasteiger partial charge >= 0.3 is 5.97 Å². The number of methoxy groups -OCH3 is 1. The van der Waals surface area contributed by atoms with Crippen LogP contribution in [0.4, 0.5) is 11.4 Å². The molecule has 0 unspecified atom stereocenters. The molecule has 1 saturated heterocycles. The summed E-state index contributed by atoms with van der Waals surface area (Å²) in [5, 5.41) is 3.08. The zero-order valence-electron chi connectivity index (χ0n) is 18.9. The van der Waals surface area contributed by atoms with E-state index in [9.17, 15) is 14.4 Å². The summed E-state index contributed by atoms with van der Waals surface area (Å²) in [6.45, 7) is -0.286. The first-order valence-electron chi connectivity index (χ1n) is 10.9. The number of benzene rings is 3. The highest BCUT2D eigenvalue weighted by atomic mass is 35.5. The minimum Gasteiger partial charge on any atom is -0.493 e. The van der Waals surface area contributed by atoms with Gasteiger partial charge in [0.05, 0.1) is 13.0 Å². The molecule has 1 aliphatic rings. The Bertz CT molecular complexity index is 1230. The van der Waals surface area contributed by atoms with Crippen molar-refractivity contribution >= 4 is 40.8 Å². The van der Waals surface area contributed by atoms with Gasteiger partial charge in [0.1, 0.15) is 5.75 Å². The van der Waals surface area contributed by atoms with E-state index in [1.165, 1.54) is 4.90 Å². The topological polar surface area (TPSA) is 94.2 Å². The Labute approximate surface area is 207 Å². The Hall–Kier alpha value is -4.04. The average Bonchev–Trinajstić information content (AvgIpc) is 3.25. The Morgan fingerprint density at radius 1 is 1.03 bits per heavy atom. The molecular weight excluding hydrogens is 472 g/mol. The van der Waals surface area contributed by atoms with E-state index in [-0.39, 0.29) is 18.9 Å². The lowest BCUT2D eigenvalue weighted by Gasteiger charge is -2.17. The van der Waals surface area contributed by atoms with Crippen molar-refractivity contribution in [3.63, 3.8) is 0 Å². The van der Waals surface area contributed by atoms with Crippen molar-refractivity contribution in [2.75, 3.05) is 30.5 Å². The first kappa shape index (κ1) is 24.1. The number of carbonyl (C=O) groups is 3. The molecule has 2 amide bonds. The number of carbonyl (C=O) groups excluding carboxylic acids is 3. The second-order valence-corrected chi connectivity index (χ2v) is 8.25. The molecule has 3 aromatic rings. The fraction of sp³-hybridized carbons (Fsp3) is 0.192. The van der Waals surface area contributed by atoms with E-state index in [2.05, 4.69) is 5.32 Å². The molecule has 0 saturated carbocycles. The van der Waals surface area contributed by atoms with Gasteiger partial charge in [0.2, 0.25) is 5.91 Å². The summed E-state index contributed by atoms with van der Waals surface area (Å²) in [6.07, 6.45) is 0.00815. The molecule has 1 fully saturated rings. The van der Waals surface area contributed by atoms with Crippen LogP contribution >= 0.6 is 11.6 Å². The molecule has 0 radical (unpaired) electrons. The number of hydrogen-bond acceptors (Lipinski definition) is 6. The van der Waals surface area contributed by atoms with Crippen molar-refractivity contribution in [2.45, 2.75) is 6.42 Å². The normalized spacial score (nSPS) is 15.0. The summed E-state index contributed by atoms with van der Waals surface area (Å²) in [5.41, 5.74) is 1.13. The summed E-state index contributed by atoms with van der Waals surface area (Å²) in [4.78, 5) is 38.6. The molecule has 1 N–H and O–H groups in total. The van der Waals surface area contributed by atoms with E-state index >= 15 is 0 Å². The van der Waals surface area contributed by atoms with Gasteiger partial charge in [-0.2, -0.15) is 0 Å². The van der Waals surface area contributed by atoms with Crippen LogP contribution in [-0.2, 0) is 19.1 Å². The fourth-order valence-electron chi connectivity index (χ4n) is 3.66. The van der Waals surface area contributed by atoms with Gasteiger partial charge in [-0.15, -0.1) is 0 Å². The number of esters is 1. The van der Waals surface area contributed by atoms with E-state index < -0.39 is 24.4 Å². The van der Waals surface area contributed by atoms with E-state index in [4.69, 9.17) is 25.8 Å². The number of anilines is 2. The zero-order chi connectivity index (χ0) is 24.8. The number of halogens is 1. The summed E-state index contributed by atoms with van der Waals surface area (Å²) in [6, 6.07) is 20.9. The first-order valence-corrected chi connectivity index (χ1v) is 11.2. The quantitative estimate of drug-likeness (QED) is 0.457. The molecule has 1 atom stereocenters. The minimum atomic E-state index is -0.661. The van der Waals surface area contributed by atoms with Crippen molar-refractivity contribution < 1.29 is 28.6 Å². The lowest BCUT2D eigenvalue weighted by molar-refractivity contribution is -0.151. The monoisotopic (exact) mass is 494 g/mol. The molecule has 1 heterocycles. The molecule has 35 heavy (non-hydrogen) atoms. The number of ether oxygens (including phenoxy) is 3. The van der Waals surface area contributed by atoms with Crippen molar-refractivity contribution in [3.8, 4) is 17.2 Å². The van der Waals surface area contributed by atoms with Crippen LogP contribution in [0, 0.1) is 5.92 Å². The second kappa shape index (κ2) is 10.9. The second-order valence-electron chi connectivity index (χ2n) is 7.82. The van der Waals surface area contributed by atoms with E-state index in [1.54, 1.807) is 67.8 Å². The molecule has 8 nitrogen and oxygen atoms in total. The van der Waals surface area contributed by atoms with Gasteiger partial charge in [-0.25, -0.2) is 0 Å². The number of rotatable bonds is 8. The predicted octanol–water partition coefficient (Wildman–Crippen LogP) is 4.68. The molecule has 180 valence electrons. The Morgan fingerprint density at radius 2 is 1.77 bits per heavy atom. The molecule has 0 aromatic heterocycles. The smallest absolute Gasteiger partial charge is 0.311 e. The van der Waals surface area contributed by atoms with Crippen LogP contribution in [-0.4, -0.2) is 38.0 Å². The SMILES string of the molecule is COc1ccccc1Oc1ccc(N2C[C@H](C(=O)OCC(=O)Nc3cccc(Cl)c3)CC2=O)cc1. The van der Waals surface area contributed by atoms with Crippen LogP contribution in [0.5, 0.6) is 17.2 Å². The van der Waals surface area contributed by atoms with Crippen LogP contribution < -0.4 is 19.7 Å². The number of hydrogen-bond donors (Lipinski definition) is 1. The van der Waals surface area contributed by atoms with E-state index in [1.807, 2.05) is 12.1 Å².